The van der Waals surface area contributed by atoms with Crippen molar-refractivity contribution in [2.24, 2.45) is 0 Å². The Bertz CT molecular complexity index is 713. The van der Waals surface area contributed by atoms with Crippen LogP contribution in [0, 0.1) is 13.8 Å². The Balaban J connectivity index is 1.92. The highest BCUT2D eigenvalue weighted by molar-refractivity contribution is 6.30. The summed E-state index contributed by atoms with van der Waals surface area (Å²) in [4.78, 5) is 10.8. The molecule has 0 aliphatic heterocycles. The highest BCUT2D eigenvalue weighted by atomic mass is 35.5. The molecule has 5 heteroatoms. The topological polar surface area (TPSA) is 55.8 Å². The first kappa shape index (κ1) is 18.1. The van der Waals surface area contributed by atoms with Crippen LogP contribution in [0.25, 0.3) is 0 Å². The van der Waals surface area contributed by atoms with Crippen molar-refractivity contribution in [1.82, 2.24) is 0 Å². The largest absolute Gasteiger partial charge is 0.490 e. The van der Waals surface area contributed by atoms with Crippen LogP contribution in [-0.4, -0.2) is 24.3 Å². The molecular formula is C19H21ClO4. The third-order valence-corrected chi connectivity index (χ3v) is 4.02. The number of ether oxygens (including phenoxy) is 2. The summed E-state index contributed by atoms with van der Waals surface area (Å²) in [7, 11) is 0. The lowest BCUT2D eigenvalue weighted by Gasteiger charge is -2.14. The van der Waals surface area contributed by atoms with Gasteiger partial charge in [0.1, 0.15) is 24.7 Å². The molecule has 0 radical (unpaired) electrons. The number of aryl methyl sites for hydroxylation is 2. The first-order chi connectivity index (χ1) is 11.5. The van der Waals surface area contributed by atoms with Crippen LogP contribution in [0.1, 0.15) is 23.1 Å². The van der Waals surface area contributed by atoms with Gasteiger partial charge in [0.2, 0.25) is 0 Å². The van der Waals surface area contributed by atoms with Gasteiger partial charge in [-0.25, -0.2) is 0 Å². The minimum Gasteiger partial charge on any atom is -0.490 e. The van der Waals surface area contributed by atoms with Gasteiger partial charge < -0.3 is 14.6 Å². The number of hydrogen-bond acceptors (Lipinski definition) is 3. The summed E-state index contributed by atoms with van der Waals surface area (Å²) in [6.45, 7) is 4.84. The van der Waals surface area contributed by atoms with E-state index in [1.165, 1.54) is 5.56 Å². The van der Waals surface area contributed by atoms with Crippen molar-refractivity contribution in [1.29, 1.82) is 0 Å². The van der Waals surface area contributed by atoms with Crippen molar-refractivity contribution >= 4 is 17.6 Å². The van der Waals surface area contributed by atoms with Gasteiger partial charge >= 0.3 is 5.97 Å². The number of hydrogen-bond donors (Lipinski definition) is 1. The predicted octanol–water partition coefficient (Wildman–Crippen LogP) is 4.43. The Morgan fingerprint density at radius 1 is 1.08 bits per heavy atom. The van der Waals surface area contributed by atoms with Gasteiger partial charge in [-0.05, 0) is 61.2 Å². The fraction of sp³-hybridized carbons (Fsp3) is 0.316. The average molecular weight is 349 g/mol. The maximum atomic E-state index is 10.8. The number of benzene rings is 2. The summed E-state index contributed by atoms with van der Waals surface area (Å²) in [6.07, 6.45) is 0.415. The lowest BCUT2D eigenvalue weighted by molar-refractivity contribution is -0.136. The Hall–Kier alpha value is -2.20. The molecular weight excluding hydrogens is 328 g/mol. The molecule has 0 saturated heterocycles. The van der Waals surface area contributed by atoms with Crippen LogP contribution in [0.15, 0.2) is 36.4 Å². The number of aliphatic carboxylic acids is 1. The van der Waals surface area contributed by atoms with Crippen LogP contribution < -0.4 is 9.47 Å². The van der Waals surface area contributed by atoms with Crippen molar-refractivity contribution in [2.45, 2.75) is 26.7 Å². The molecule has 0 amide bonds. The normalized spacial score (nSPS) is 10.5. The Morgan fingerprint density at radius 3 is 2.50 bits per heavy atom. The molecule has 128 valence electrons. The molecule has 1 N–H and O–H groups in total. The smallest absolute Gasteiger partial charge is 0.303 e. The second kappa shape index (κ2) is 8.60. The van der Waals surface area contributed by atoms with Crippen LogP contribution in [0.4, 0.5) is 0 Å². The first-order valence-corrected chi connectivity index (χ1v) is 8.17. The number of carboxylic acids is 1. The van der Waals surface area contributed by atoms with Gasteiger partial charge in [-0.1, -0.05) is 23.7 Å². The van der Waals surface area contributed by atoms with Gasteiger partial charge in [-0.15, -0.1) is 0 Å². The SMILES string of the molecule is Cc1cccc(OCCOc2ccc(Cl)cc2CCC(=O)O)c1C. The molecule has 2 aromatic carbocycles. The van der Waals surface area contributed by atoms with Gasteiger partial charge in [-0.2, -0.15) is 0 Å². The Kier molecular flexibility index (Phi) is 6.50. The molecule has 0 spiro atoms. The highest BCUT2D eigenvalue weighted by Gasteiger charge is 2.08. The maximum Gasteiger partial charge on any atom is 0.303 e. The fourth-order valence-corrected chi connectivity index (χ4v) is 2.50. The van der Waals surface area contributed by atoms with Gasteiger partial charge in [0, 0.05) is 11.4 Å². The van der Waals surface area contributed by atoms with Crippen LogP contribution in [0.3, 0.4) is 0 Å². The van der Waals surface area contributed by atoms with Crippen LogP contribution in [0.2, 0.25) is 5.02 Å². The van der Waals surface area contributed by atoms with Crippen molar-refractivity contribution in [2.75, 3.05) is 13.2 Å². The summed E-state index contributed by atoms with van der Waals surface area (Å²) in [5, 5.41) is 9.39. The molecule has 0 unspecified atom stereocenters. The molecule has 2 rings (SSSR count). The standard InChI is InChI=1S/C19H21ClO4/c1-13-4-3-5-17(14(13)2)23-10-11-24-18-8-7-16(20)12-15(18)6-9-19(21)22/h3-5,7-8,12H,6,9-11H2,1-2H3,(H,21,22). The van der Waals surface area contributed by atoms with Crippen LogP contribution in [0.5, 0.6) is 11.5 Å². The maximum absolute atomic E-state index is 10.8. The quantitative estimate of drug-likeness (QED) is 0.717. The number of rotatable bonds is 8. The number of carboxylic acid groups (broad SMARTS) is 1. The monoisotopic (exact) mass is 348 g/mol. The first-order valence-electron chi connectivity index (χ1n) is 7.79. The van der Waals surface area contributed by atoms with E-state index in [9.17, 15) is 4.79 Å². The molecule has 0 heterocycles. The van der Waals surface area contributed by atoms with E-state index >= 15 is 0 Å². The summed E-state index contributed by atoms with van der Waals surface area (Å²) in [6, 6.07) is 11.2. The second-order valence-corrected chi connectivity index (χ2v) is 5.98. The zero-order valence-electron chi connectivity index (χ0n) is 13.8. The zero-order valence-corrected chi connectivity index (χ0v) is 14.6. The van der Waals surface area contributed by atoms with E-state index in [1.807, 2.05) is 32.0 Å². The van der Waals surface area contributed by atoms with E-state index in [-0.39, 0.29) is 6.42 Å². The lowest BCUT2D eigenvalue weighted by atomic mass is 10.1. The minimum absolute atomic E-state index is 0.0374. The third kappa shape index (κ3) is 5.17. The predicted molar refractivity (Wildman–Crippen MR) is 94.3 cm³/mol. The molecule has 0 saturated carbocycles. The van der Waals surface area contributed by atoms with Crippen molar-refractivity contribution < 1.29 is 19.4 Å². The highest BCUT2D eigenvalue weighted by Crippen LogP contribution is 2.25. The van der Waals surface area contributed by atoms with E-state index in [0.717, 1.165) is 16.9 Å². The average Bonchev–Trinajstić information content (AvgIpc) is 2.54. The molecule has 2 aromatic rings. The molecule has 0 bridgehead atoms. The summed E-state index contributed by atoms with van der Waals surface area (Å²) < 4.78 is 11.5. The molecule has 4 nitrogen and oxygen atoms in total. The number of carbonyl (C=O) groups is 1. The number of halogens is 1. The Morgan fingerprint density at radius 2 is 1.79 bits per heavy atom. The molecule has 0 atom stereocenters. The van der Waals surface area contributed by atoms with Gasteiger partial charge in [0.05, 0.1) is 0 Å². The third-order valence-electron chi connectivity index (χ3n) is 3.78. The summed E-state index contributed by atoms with van der Waals surface area (Å²) >= 11 is 5.98. The molecule has 0 aliphatic rings. The fourth-order valence-electron chi connectivity index (χ4n) is 2.31. The van der Waals surface area contributed by atoms with Crippen LogP contribution in [-0.2, 0) is 11.2 Å². The lowest BCUT2D eigenvalue weighted by Crippen LogP contribution is -2.11. The van der Waals surface area contributed by atoms with Gasteiger partial charge in [-0.3, -0.25) is 4.79 Å². The second-order valence-electron chi connectivity index (χ2n) is 5.54. The van der Waals surface area contributed by atoms with Crippen LogP contribution >= 0.6 is 11.6 Å². The van der Waals surface area contributed by atoms with Crippen molar-refractivity contribution in [3.05, 3.63) is 58.1 Å². The molecule has 0 fully saturated rings. The summed E-state index contributed by atoms with van der Waals surface area (Å²) in [5.41, 5.74) is 3.09. The Labute approximate surface area is 147 Å². The van der Waals surface area contributed by atoms with E-state index < -0.39 is 5.97 Å². The van der Waals surface area contributed by atoms with E-state index in [1.54, 1.807) is 18.2 Å². The summed E-state index contributed by atoms with van der Waals surface area (Å²) in [5.74, 6) is 0.644. The van der Waals surface area contributed by atoms with E-state index in [4.69, 9.17) is 26.2 Å². The zero-order chi connectivity index (χ0) is 17.5. The van der Waals surface area contributed by atoms with Gasteiger partial charge in [0.25, 0.3) is 0 Å². The molecule has 0 aromatic heterocycles. The van der Waals surface area contributed by atoms with E-state index in [2.05, 4.69) is 0 Å². The van der Waals surface area contributed by atoms with Crippen molar-refractivity contribution in [3.63, 3.8) is 0 Å². The minimum atomic E-state index is -0.848. The molecule has 0 aliphatic carbocycles. The molecule has 24 heavy (non-hydrogen) atoms. The van der Waals surface area contributed by atoms with E-state index in [0.29, 0.717) is 30.4 Å². The van der Waals surface area contributed by atoms with Crippen molar-refractivity contribution in [3.8, 4) is 11.5 Å². The van der Waals surface area contributed by atoms with Gasteiger partial charge in [0.15, 0.2) is 0 Å².